The molecule has 3 heteroatoms. The van der Waals surface area contributed by atoms with E-state index in [2.05, 4.69) is 0 Å². The van der Waals surface area contributed by atoms with E-state index < -0.39 is 5.97 Å². The Morgan fingerprint density at radius 3 is 2.15 bits per heavy atom. The van der Waals surface area contributed by atoms with Gasteiger partial charge in [0.1, 0.15) is 0 Å². The molecule has 0 radical (unpaired) electrons. The van der Waals surface area contributed by atoms with E-state index in [1.165, 1.54) is 44.2 Å². The van der Waals surface area contributed by atoms with Crippen LogP contribution < -0.4 is 0 Å². The standard InChI is InChI=1S/C17H21NO2/c1-10-14(16(19)20)2-3-15(18-10)17-7-11-4-12(8-17)6-13(5-11)9-17/h2-3,11-13H,4-9H2,1H3,(H,19,20). The van der Waals surface area contributed by atoms with E-state index >= 15 is 0 Å². The highest BCUT2D eigenvalue weighted by molar-refractivity contribution is 5.88. The summed E-state index contributed by atoms with van der Waals surface area (Å²) in [5.74, 6) is 1.81. The van der Waals surface area contributed by atoms with Crippen LogP contribution in [0.15, 0.2) is 12.1 Å². The maximum Gasteiger partial charge on any atom is 0.337 e. The Bertz CT molecular complexity index is 543. The van der Waals surface area contributed by atoms with Crippen molar-refractivity contribution in [2.45, 2.75) is 50.9 Å². The van der Waals surface area contributed by atoms with E-state index in [4.69, 9.17) is 10.1 Å². The highest BCUT2D eigenvalue weighted by Gasteiger charge is 2.52. The van der Waals surface area contributed by atoms with E-state index in [1.54, 1.807) is 6.07 Å². The Hall–Kier alpha value is -1.38. The second kappa shape index (κ2) is 4.06. The summed E-state index contributed by atoms with van der Waals surface area (Å²) in [6.07, 6.45) is 8.09. The van der Waals surface area contributed by atoms with Gasteiger partial charge in [-0.05, 0) is 75.3 Å². The molecule has 106 valence electrons. The summed E-state index contributed by atoms with van der Waals surface area (Å²) >= 11 is 0. The molecule has 0 unspecified atom stereocenters. The Labute approximate surface area is 119 Å². The van der Waals surface area contributed by atoms with Crippen LogP contribution in [0.5, 0.6) is 0 Å². The van der Waals surface area contributed by atoms with Crippen LogP contribution in [-0.2, 0) is 5.41 Å². The number of pyridine rings is 1. The zero-order chi connectivity index (χ0) is 13.9. The first-order valence-corrected chi connectivity index (χ1v) is 7.77. The second-order valence-corrected chi connectivity index (χ2v) is 7.33. The summed E-state index contributed by atoms with van der Waals surface area (Å²) in [6.45, 7) is 1.83. The fraction of sp³-hybridized carbons (Fsp3) is 0.647. The number of aromatic carboxylic acids is 1. The monoisotopic (exact) mass is 271 g/mol. The number of carbonyl (C=O) groups is 1. The normalized spacial score (nSPS) is 38.1. The molecule has 1 N–H and O–H groups in total. The maximum atomic E-state index is 11.1. The van der Waals surface area contributed by atoms with Crippen LogP contribution >= 0.6 is 0 Å². The lowest BCUT2D eigenvalue weighted by atomic mass is 9.49. The van der Waals surface area contributed by atoms with Gasteiger partial charge >= 0.3 is 5.97 Å². The SMILES string of the molecule is Cc1nc(C23CC4CC(CC(C4)C2)C3)ccc1C(=O)O. The van der Waals surface area contributed by atoms with Crippen LogP contribution in [0.25, 0.3) is 0 Å². The van der Waals surface area contributed by atoms with E-state index in [1.807, 2.05) is 13.0 Å². The number of hydrogen-bond acceptors (Lipinski definition) is 2. The first kappa shape index (κ1) is 12.4. The molecule has 4 aliphatic carbocycles. The lowest BCUT2D eigenvalue weighted by molar-refractivity contribution is -0.00729. The number of aryl methyl sites for hydroxylation is 1. The zero-order valence-corrected chi connectivity index (χ0v) is 11.9. The lowest BCUT2D eigenvalue weighted by Crippen LogP contribution is -2.49. The van der Waals surface area contributed by atoms with Gasteiger partial charge in [-0.15, -0.1) is 0 Å². The number of carboxylic acid groups (broad SMARTS) is 1. The Morgan fingerprint density at radius 2 is 1.70 bits per heavy atom. The minimum absolute atomic E-state index is 0.260. The van der Waals surface area contributed by atoms with Crippen LogP contribution in [0, 0.1) is 24.7 Å². The molecule has 1 heterocycles. The van der Waals surface area contributed by atoms with Crippen molar-refractivity contribution in [2.24, 2.45) is 17.8 Å². The summed E-state index contributed by atoms with van der Waals surface area (Å²) < 4.78 is 0. The molecule has 0 atom stereocenters. The molecule has 4 fully saturated rings. The number of rotatable bonds is 2. The summed E-state index contributed by atoms with van der Waals surface area (Å²) in [5.41, 5.74) is 2.44. The third-order valence-corrected chi connectivity index (χ3v) is 5.90. The summed E-state index contributed by atoms with van der Waals surface area (Å²) in [6, 6.07) is 3.75. The third-order valence-electron chi connectivity index (χ3n) is 5.90. The van der Waals surface area contributed by atoms with Gasteiger partial charge in [0.15, 0.2) is 0 Å². The number of nitrogens with zero attached hydrogens (tertiary/aromatic N) is 1. The average molecular weight is 271 g/mol. The zero-order valence-electron chi connectivity index (χ0n) is 11.9. The molecular formula is C17H21NO2. The van der Waals surface area contributed by atoms with Crippen LogP contribution in [0.4, 0.5) is 0 Å². The molecule has 4 aliphatic rings. The molecule has 0 saturated heterocycles. The number of aromatic nitrogens is 1. The van der Waals surface area contributed by atoms with Gasteiger partial charge in [0.05, 0.1) is 11.3 Å². The number of carboxylic acids is 1. The fourth-order valence-corrected chi connectivity index (χ4v) is 5.51. The Balaban J connectivity index is 1.74. The predicted octanol–water partition coefficient (Wildman–Crippen LogP) is 3.56. The van der Waals surface area contributed by atoms with Gasteiger partial charge in [0.25, 0.3) is 0 Å². The topological polar surface area (TPSA) is 50.2 Å². The van der Waals surface area contributed by atoms with E-state index in [0.29, 0.717) is 11.3 Å². The molecular weight excluding hydrogens is 250 g/mol. The first-order valence-electron chi connectivity index (χ1n) is 7.77. The molecule has 0 aromatic carbocycles. The molecule has 5 rings (SSSR count). The van der Waals surface area contributed by atoms with E-state index in [0.717, 1.165) is 17.8 Å². The summed E-state index contributed by atoms with van der Waals surface area (Å²) in [5, 5.41) is 9.15. The van der Waals surface area contributed by atoms with Crippen LogP contribution in [0.3, 0.4) is 0 Å². The minimum atomic E-state index is -0.868. The van der Waals surface area contributed by atoms with E-state index in [-0.39, 0.29) is 5.41 Å². The maximum absolute atomic E-state index is 11.1. The van der Waals surface area contributed by atoms with Crippen molar-refractivity contribution in [3.63, 3.8) is 0 Å². The van der Waals surface area contributed by atoms with Gasteiger partial charge < -0.3 is 5.11 Å². The van der Waals surface area contributed by atoms with E-state index in [9.17, 15) is 4.79 Å². The Morgan fingerprint density at radius 1 is 1.15 bits per heavy atom. The first-order chi connectivity index (χ1) is 9.56. The molecule has 1 aromatic rings. The lowest BCUT2D eigenvalue weighted by Gasteiger charge is -2.56. The van der Waals surface area contributed by atoms with Crippen LogP contribution in [0.2, 0.25) is 0 Å². The molecule has 1 aromatic heterocycles. The van der Waals surface area contributed by atoms with Crippen molar-refractivity contribution in [1.29, 1.82) is 0 Å². The van der Waals surface area contributed by atoms with Crippen molar-refractivity contribution in [3.8, 4) is 0 Å². The molecule has 0 amide bonds. The quantitative estimate of drug-likeness (QED) is 0.894. The fourth-order valence-electron chi connectivity index (χ4n) is 5.51. The highest BCUT2D eigenvalue weighted by Crippen LogP contribution is 2.60. The predicted molar refractivity (Wildman–Crippen MR) is 75.8 cm³/mol. The van der Waals surface area contributed by atoms with Crippen molar-refractivity contribution >= 4 is 5.97 Å². The van der Waals surface area contributed by atoms with Crippen LogP contribution in [0.1, 0.15) is 60.3 Å². The Kier molecular flexibility index (Phi) is 2.51. The van der Waals surface area contributed by atoms with Crippen molar-refractivity contribution in [2.75, 3.05) is 0 Å². The third kappa shape index (κ3) is 1.72. The van der Waals surface area contributed by atoms with Gasteiger partial charge in [0, 0.05) is 11.1 Å². The van der Waals surface area contributed by atoms with Gasteiger partial charge in [0.2, 0.25) is 0 Å². The van der Waals surface area contributed by atoms with Crippen LogP contribution in [-0.4, -0.2) is 16.1 Å². The number of hydrogen-bond donors (Lipinski definition) is 1. The molecule has 4 bridgehead atoms. The van der Waals surface area contributed by atoms with Crippen molar-refractivity contribution in [1.82, 2.24) is 4.98 Å². The highest BCUT2D eigenvalue weighted by atomic mass is 16.4. The minimum Gasteiger partial charge on any atom is -0.478 e. The molecule has 4 saturated carbocycles. The van der Waals surface area contributed by atoms with Gasteiger partial charge in [-0.3, -0.25) is 4.98 Å². The largest absolute Gasteiger partial charge is 0.478 e. The molecule has 0 aliphatic heterocycles. The second-order valence-electron chi connectivity index (χ2n) is 7.33. The molecule has 3 nitrogen and oxygen atoms in total. The van der Waals surface area contributed by atoms with Crippen molar-refractivity contribution in [3.05, 3.63) is 29.1 Å². The molecule has 20 heavy (non-hydrogen) atoms. The molecule has 0 spiro atoms. The summed E-state index contributed by atoms with van der Waals surface area (Å²) in [4.78, 5) is 15.8. The smallest absolute Gasteiger partial charge is 0.337 e. The average Bonchev–Trinajstić information content (AvgIpc) is 2.36. The van der Waals surface area contributed by atoms with Gasteiger partial charge in [-0.2, -0.15) is 0 Å². The van der Waals surface area contributed by atoms with Gasteiger partial charge in [-0.25, -0.2) is 4.79 Å². The van der Waals surface area contributed by atoms with Crippen molar-refractivity contribution < 1.29 is 9.90 Å². The van der Waals surface area contributed by atoms with Gasteiger partial charge in [-0.1, -0.05) is 0 Å². The summed E-state index contributed by atoms with van der Waals surface area (Å²) in [7, 11) is 0.